The first-order valence-corrected chi connectivity index (χ1v) is 11.0. The van der Waals surface area contributed by atoms with Crippen molar-refractivity contribution in [1.29, 1.82) is 0 Å². The van der Waals surface area contributed by atoms with Crippen LogP contribution in [0.5, 0.6) is 0 Å². The molecule has 0 radical (unpaired) electrons. The Bertz CT molecular complexity index is 944. The maximum atomic E-state index is 13.0. The fourth-order valence-electron chi connectivity index (χ4n) is 4.33. The molecule has 2 aliphatic rings. The fourth-order valence-corrected chi connectivity index (χ4v) is 5.64. The molecule has 1 heterocycles. The molecule has 1 fully saturated rings. The number of sulfone groups is 1. The smallest absolute Gasteiger partial charge is 0.184 e. The van der Waals surface area contributed by atoms with E-state index in [4.69, 9.17) is 4.99 Å². The summed E-state index contributed by atoms with van der Waals surface area (Å²) in [7, 11) is -3.40. The second kappa shape index (κ2) is 6.66. The quantitative estimate of drug-likeness (QED) is 0.799. The van der Waals surface area contributed by atoms with E-state index in [1.165, 1.54) is 12.0 Å². The zero-order chi connectivity index (χ0) is 18.3. The summed E-state index contributed by atoms with van der Waals surface area (Å²) in [5.41, 5.74) is 4.10. The van der Waals surface area contributed by atoms with Crippen molar-refractivity contribution in [3.8, 4) is 0 Å². The van der Waals surface area contributed by atoms with Gasteiger partial charge in [0.2, 0.25) is 0 Å². The third-order valence-corrected chi connectivity index (χ3v) is 7.42. The Morgan fingerprint density at radius 1 is 1.04 bits per heavy atom. The van der Waals surface area contributed by atoms with Gasteiger partial charge in [-0.05, 0) is 49.8 Å². The van der Waals surface area contributed by atoms with Gasteiger partial charge < -0.3 is 0 Å². The second-order valence-electron chi connectivity index (χ2n) is 7.83. The molecule has 0 amide bonds. The van der Waals surface area contributed by atoms with Crippen LogP contribution in [0.3, 0.4) is 0 Å². The highest BCUT2D eigenvalue weighted by Gasteiger charge is 2.36. The summed E-state index contributed by atoms with van der Waals surface area (Å²) in [4.78, 5) is 5.34. The van der Waals surface area contributed by atoms with Gasteiger partial charge >= 0.3 is 0 Å². The average molecular weight is 368 g/mol. The monoisotopic (exact) mass is 367 g/mol. The maximum absolute atomic E-state index is 13.0. The number of benzene rings is 2. The highest BCUT2D eigenvalue weighted by Crippen LogP contribution is 2.42. The van der Waals surface area contributed by atoms with Gasteiger partial charge in [0.05, 0.1) is 22.4 Å². The van der Waals surface area contributed by atoms with Crippen LogP contribution in [0.4, 0.5) is 0 Å². The van der Waals surface area contributed by atoms with E-state index >= 15 is 0 Å². The number of aryl methyl sites for hydroxylation is 1. The van der Waals surface area contributed by atoms with Crippen molar-refractivity contribution in [1.82, 2.24) is 0 Å². The summed E-state index contributed by atoms with van der Waals surface area (Å²) in [5.74, 6) is 1.07. The molecule has 136 valence electrons. The van der Waals surface area contributed by atoms with Crippen LogP contribution in [0.1, 0.15) is 48.8 Å². The minimum absolute atomic E-state index is 0.0231. The molecule has 1 saturated carbocycles. The van der Waals surface area contributed by atoms with Crippen molar-refractivity contribution in [2.75, 3.05) is 5.75 Å². The number of aliphatic imine (C=N–C) groups is 1. The molecule has 4 rings (SSSR count). The van der Waals surface area contributed by atoms with E-state index < -0.39 is 9.84 Å². The highest BCUT2D eigenvalue weighted by atomic mass is 32.2. The minimum Gasteiger partial charge on any atom is -0.284 e. The number of rotatable bonds is 3. The number of nitrogens with zero attached hydrogens (tertiary/aromatic N) is 1. The molecule has 3 atom stereocenters. The zero-order valence-electron chi connectivity index (χ0n) is 15.4. The second-order valence-corrected chi connectivity index (χ2v) is 9.82. The van der Waals surface area contributed by atoms with E-state index in [0.29, 0.717) is 16.7 Å². The predicted octanol–water partition coefficient (Wildman–Crippen LogP) is 4.54. The zero-order valence-corrected chi connectivity index (χ0v) is 16.2. The third kappa shape index (κ3) is 3.23. The summed E-state index contributed by atoms with van der Waals surface area (Å²) >= 11 is 0. The van der Waals surface area contributed by atoms with Crippen molar-refractivity contribution < 1.29 is 8.42 Å². The van der Waals surface area contributed by atoms with Crippen molar-refractivity contribution in [3.63, 3.8) is 0 Å². The Labute approximate surface area is 156 Å². The van der Waals surface area contributed by atoms with Gasteiger partial charge in [0.15, 0.2) is 9.84 Å². The van der Waals surface area contributed by atoms with E-state index in [0.717, 1.165) is 29.7 Å². The van der Waals surface area contributed by atoms with Crippen LogP contribution in [-0.2, 0) is 9.84 Å². The normalized spacial score (nSPS) is 25.2. The largest absolute Gasteiger partial charge is 0.284 e. The lowest BCUT2D eigenvalue weighted by atomic mass is 9.73. The lowest BCUT2D eigenvalue weighted by Gasteiger charge is -2.37. The number of fused-ring (bicyclic) bond motifs is 3. The highest BCUT2D eigenvalue weighted by molar-refractivity contribution is 7.92. The van der Waals surface area contributed by atoms with E-state index in [2.05, 4.69) is 19.1 Å². The molecule has 1 aliphatic carbocycles. The van der Waals surface area contributed by atoms with Crippen LogP contribution in [0.15, 0.2) is 58.4 Å². The fraction of sp³-hybridized carbons (Fsp3) is 0.409. The van der Waals surface area contributed by atoms with Gasteiger partial charge in [0.25, 0.3) is 0 Å². The lowest BCUT2D eigenvalue weighted by molar-refractivity contribution is 0.305. The van der Waals surface area contributed by atoms with Gasteiger partial charge in [-0.15, -0.1) is 0 Å². The van der Waals surface area contributed by atoms with Crippen molar-refractivity contribution in [2.24, 2.45) is 10.9 Å². The molecule has 1 aliphatic heterocycles. The Balaban J connectivity index is 1.72. The molecule has 3 nitrogen and oxygen atoms in total. The lowest BCUT2D eigenvalue weighted by Crippen LogP contribution is -2.33. The maximum Gasteiger partial charge on any atom is 0.184 e. The molecule has 2 unspecified atom stereocenters. The van der Waals surface area contributed by atoms with E-state index in [-0.39, 0.29) is 11.8 Å². The minimum atomic E-state index is -3.40. The molecule has 26 heavy (non-hydrogen) atoms. The van der Waals surface area contributed by atoms with Gasteiger partial charge in [0, 0.05) is 11.5 Å². The average Bonchev–Trinajstić information content (AvgIpc) is 2.61. The van der Waals surface area contributed by atoms with Crippen LogP contribution in [-0.4, -0.2) is 25.9 Å². The van der Waals surface area contributed by atoms with Crippen molar-refractivity contribution >= 4 is 15.5 Å². The Kier molecular flexibility index (Phi) is 4.47. The first-order chi connectivity index (χ1) is 12.4. The number of hydrogen-bond acceptors (Lipinski definition) is 3. The Morgan fingerprint density at radius 2 is 1.77 bits per heavy atom. The SMILES string of the molecule is Cc1ccc(S(=O)(=O)CC2=N[C@@H]3CC(C)CCC3c3ccccc32)cc1. The first kappa shape index (κ1) is 17.5. The molecule has 2 aromatic carbocycles. The van der Waals surface area contributed by atoms with Gasteiger partial charge in [-0.1, -0.05) is 48.9 Å². The van der Waals surface area contributed by atoms with Crippen LogP contribution in [0, 0.1) is 12.8 Å². The summed E-state index contributed by atoms with van der Waals surface area (Å²) < 4.78 is 25.9. The first-order valence-electron chi connectivity index (χ1n) is 9.39. The molecule has 0 aromatic heterocycles. The van der Waals surface area contributed by atoms with Crippen LogP contribution < -0.4 is 0 Å². The Hall–Kier alpha value is -1.94. The summed E-state index contributed by atoms with van der Waals surface area (Å²) in [6, 6.07) is 15.6. The van der Waals surface area contributed by atoms with Gasteiger partial charge in [0.1, 0.15) is 0 Å². The molecule has 4 heteroatoms. The predicted molar refractivity (Wildman–Crippen MR) is 106 cm³/mol. The molecule has 2 aromatic rings. The molecular weight excluding hydrogens is 342 g/mol. The van der Waals surface area contributed by atoms with Gasteiger partial charge in [-0.25, -0.2) is 8.42 Å². The van der Waals surface area contributed by atoms with Crippen LogP contribution in [0.2, 0.25) is 0 Å². The van der Waals surface area contributed by atoms with Gasteiger partial charge in [-0.2, -0.15) is 0 Å². The van der Waals surface area contributed by atoms with Crippen LogP contribution >= 0.6 is 0 Å². The molecule has 0 saturated heterocycles. The molecule has 0 N–H and O–H groups in total. The van der Waals surface area contributed by atoms with Crippen LogP contribution in [0.25, 0.3) is 0 Å². The summed E-state index contributed by atoms with van der Waals surface area (Å²) in [5, 5.41) is 0. The summed E-state index contributed by atoms with van der Waals surface area (Å²) in [6.45, 7) is 4.23. The van der Waals surface area contributed by atoms with Crippen molar-refractivity contribution in [3.05, 3.63) is 65.2 Å². The molecular formula is C22H25NO2S. The van der Waals surface area contributed by atoms with E-state index in [1.807, 2.05) is 31.2 Å². The summed E-state index contributed by atoms with van der Waals surface area (Å²) in [6.07, 6.45) is 3.42. The molecule has 0 bridgehead atoms. The Morgan fingerprint density at radius 3 is 2.54 bits per heavy atom. The van der Waals surface area contributed by atoms with E-state index in [9.17, 15) is 8.42 Å². The number of hydrogen-bond donors (Lipinski definition) is 0. The van der Waals surface area contributed by atoms with Gasteiger partial charge in [-0.3, -0.25) is 4.99 Å². The van der Waals surface area contributed by atoms with E-state index in [1.54, 1.807) is 12.1 Å². The third-order valence-electron chi connectivity index (χ3n) is 5.78. The van der Waals surface area contributed by atoms with Crippen molar-refractivity contribution in [2.45, 2.75) is 50.0 Å². The standard InChI is InChI=1S/C22H25NO2S/c1-15-7-10-17(11-8-15)26(24,25)14-22-19-6-4-3-5-18(19)20-12-9-16(2)13-21(20)23-22/h3-8,10-11,16,20-21H,9,12-14H2,1-2H3/t16?,20?,21-/m1/s1. The molecule has 0 spiro atoms. The topological polar surface area (TPSA) is 46.5 Å².